The van der Waals surface area contributed by atoms with Gasteiger partial charge in [0, 0.05) is 18.6 Å². The summed E-state index contributed by atoms with van der Waals surface area (Å²) in [4.78, 5) is 25.9. The summed E-state index contributed by atoms with van der Waals surface area (Å²) in [7, 11) is 2.71. The van der Waals surface area contributed by atoms with E-state index in [4.69, 9.17) is 25.8 Å². The highest BCUT2D eigenvalue weighted by atomic mass is 35.5. The van der Waals surface area contributed by atoms with Crippen LogP contribution in [0.4, 0.5) is 4.79 Å². The van der Waals surface area contributed by atoms with Gasteiger partial charge in [0.2, 0.25) is 0 Å². The van der Waals surface area contributed by atoms with E-state index in [9.17, 15) is 9.59 Å². The summed E-state index contributed by atoms with van der Waals surface area (Å²) in [6, 6.07) is 6.15. The van der Waals surface area contributed by atoms with Gasteiger partial charge in [0.1, 0.15) is 18.4 Å². The summed E-state index contributed by atoms with van der Waals surface area (Å²) in [6.45, 7) is 5.16. The number of hydrogen-bond donors (Lipinski definition) is 0. The number of carbonyl (C=O) groups excluding carboxylic acids is 2. The van der Waals surface area contributed by atoms with E-state index in [1.54, 1.807) is 45.0 Å². The Morgan fingerprint density at radius 1 is 1.17 bits per heavy atom. The maximum atomic E-state index is 12.4. The predicted octanol–water partition coefficient (Wildman–Crippen LogP) is 3.27. The Kier molecular flexibility index (Phi) is 7.51. The molecular formula is C17H24ClNO5. The molecule has 0 aliphatic rings. The Balaban J connectivity index is 3.05. The number of halogens is 1. The van der Waals surface area contributed by atoms with Crippen molar-refractivity contribution in [3.63, 3.8) is 0 Å². The van der Waals surface area contributed by atoms with Gasteiger partial charge >= 0.3 is 12.1 Å². The normalized spacial score (nSPS) is 12.4. The molecule has 0 saturated heterocycles. The second kappa shape index (κ2) is 8.89. The highest BCUT2D eigenvalue weighted by Crippen LogP contribution is 2.17. The second-order valence-corrected chi connectivity index (χ2v) is 6.67. The Morgan fingerprint density at radius 3 is 2.21 bits per heavy atom. The monoisotopic (exact) mass is 357 g/mol. The minimum absolute atomic E-state index is 0.0950. The van der Waals surface area contributed by atoms with Crippen LogP contribution in [0.5, 0.6) is 0 Å². The summed E-state index contributed by atoms with van der Waals surface area (Å²) in [5, 5.41) is 0.592. The number of benzene rings is 1. The number of nitrogens with zero attached hydrogens (tertiary/aromatic N) is 1. The van der Waals surface area contributed by atoms with Crippen LogP contribution in [0.3, 0.4) is 0 Å². The van der Waals surface area contributed by atoms with E-state index in [2.05, 4.69) is 0 Å². The van der Waals surface area contributed by atoms with Crippen LogP contribution in [0.15, 0.2) is 24.3 Å². The molecule has 1 amide bonds. The summed E-state index contributed by atoms with van der Waals surface area (Å²) in [6.07, 6.45) is -0.388. The van der Waals surface area contributed by atoms with Gasteiger partial charge in [-0.15, -0.1) is 0 Å². The molecule has 24 heavy (non-hydrogen) atoms. The molecule has 0 aromatic heterocycles. The Bertz CT molecular complexity index is 553. The topological polar surface area (TPSA) is 65.1 Å². The second-order valence-electron chi connectivity index (χ2n) is 6.24. The molecule has 0 heterocycles. The van der Waals surface area contributed by atoms with E-state index in [-0.39, 0.29) is 13.2 Å². The minimum Gasteiger partial charge on any atom is -0.467 e. The Labute approximate surface area is 147 Å². The number of hydrogen-bond acceptors (Lipinski definition) is 5. The summed E-state index contributed by atoms with van der Waals surface area (Å²) in [5.74, 6) is -0.548. The third-order valence-electron chi connectivity index (χ3n) is 3.09. The Morgan fingerprint density at radius 2 is 1.75 bits per heavy atom. The highest BCUT2D eigenvalue weighted by molar-refractivity contribution is 6.30. The molecule has 6 nitrogen and oxygen atoms in total. The lowest BCUT2D eigenvalue weighted by Gasteiger charge is -2.31. The molecule has 1 aromatic rings. The van der Waals surface area contributed by atoms with Crippen LogP contribution in [-0.4, -0.2) is 49.6 Å². The maximum absolute atomic E-state index is 12.4. The van der Waals surface area contributed by atoms with Crippen molar-refractivity contribution in [1.29, 1.82) is 0 Å². The van der Waals surface area contributed by atoms with Gasteiger partial charge in [-0.05, 0) is 38.5 Å². The molecule has 0 radical (unpaired) electrons. The molecule has 0 aliphatic carbocycles. The van der Waals surface area contributed by atoms with E-state index in [1.807, 2.05) is 0 Å². The third kappa shape index (κ3) is 6.37. The number of esters is 1. The lowest BCUT2D eigenvalue weighted by atomic mass is 10.1. The minimum atomic E-state index is -0.869. The van der Waals surface area contributed by atoms with Gasteiger partial charge in [-0.3, -0.25) is 4.90 Å². The molecule has 1 aromatic carbocycles. The van der Waals surface area contributed by atoms with Gasteiger partial charge in [-0.1, -0.05) is 23.7 Å². The smallest absolute Gasteiger partial charge is 0.412 e. The number of methoxy groups -OCH3 is 2. The lowest BCUT2D eigenvalue weighted by molar-refractivity contribution is -0.148. The zero-order valence-corrected chi connectivity index (χ0v) is 15.4. The van der Waals surface area contributed by atoms with Crippen molar-refractivity contribution in [2.24, 2.45) is 0 Å². The van der Waals surface area contributed by atoms with Gasteiger partial charge in [-0.25, -0.2) is 9.59 Å². The van der Waals surface area contributed by atoms with E-state index in [0.29, 0.717) is 5.02 Å². The summed E-state index contributed by atoms with van der Waals surface area (Å²) < 4.78 is 15.3. The van der Waals surface area contributed by atoms with E-state index in [1.165, 1.54) is 19.1 Å². The zero-order valence-electron chi connectivity index (χ0n) is 14.7. The van der Waals surface area contributed by atoms with Gasteiger partial charge in [0.05, 0.1) is 7.11 Å². The van der Waals surface area contributed by atoms with E-state index in [0.717, 1.165) is 5.56 Å². The number of carbonyl (C=O) groups is 2. The quantitative estimate of drug-likeness (QED) is 0.577. The molecule has 0 fully saturated rings. The molecule has 0 saturated carbocycles. The first-order chi connectivity index (χ1) is 11.2. The third-order valence-corrected chi connectivity index (χ3v) is 3.34. The fourth-order valence-electron chi connectivity index (χ4n) is 2.03. The maximum Gasteiger partial charge on any atom is 0.412 e. The van der Waals surface area contributed by atoms with Crippen molar-refractivity contribution >= 4 is 23.7 Å². The van der Waals surface area contributed by atoms with E-state index >= 15 is 0 Å². The molecule has 0 bridgehead atoms. The van der Waals surface area contributed by atoms with Crippen molar-refractivity contribution < 1.29 is 23.8 Å². The molecule has 7 heteroatoms. The predicted molar refractivity (Wildman–Crippen MR) is 90.9 cm³/mol. The van der Waals surface area contributed by atoms with Crippen LogP contribution >= 0.6 is 11.6 Å². The first-order valence-electron chi connectivity index (χ1n) is 7.48. The fourth-order valence-corrected chi connectivity index (χ4v) is 2.16. The van der Waals surface area contributed by atoms with Gasteiger partial charge in [0.15, 0.2) is 0 Å². The molecule has 0 spiro atoms. The zero-order chi connectivity index (χ0) is 18.3. The Hall–Kier alpha value is -1.79. The first-order valence-corrected chi connectivity index (χ1v) is 7.86. The van der Waals surface area contributed by atoms with Crippen LogP contribution < -0.4 is 0 Å². The van der Waals surface area contributed by atoms with Crippen molar-refractivity contribution in [2.45, 2.75) is 38.8 Å². The highest BCUT2D eigenvalue weighted by Gasteiger charge is 2.33. The van der Waals surface area contributed by atoms with Crippen molar-refractivity contribution in [1.82, 2.24) is 4.90 Å². The molecule has 0 aliphatic heterocycles. The standard InChI is InChI=1S/C17H24ClNO5/c1-17(2,3)24-16(21)19(11-22-4)14(15(20)23-5)10-12-6-8-13(18)9-7-12/h6-9,14H,10-11H2,1-5H3/t14-/m0/s1. The molecule has 0 unspecified atom stereocenters. The average Bonchev–Trinajstić information content (AvgIpc) is 2.50. The van der Waals surface area contributed by atoms with Crippen molar-refractivity contribution in [3.8, 4) is 0 Å². The van der Waals surface area contributed by atoms with Gasteiger partial charge in [-0.2, -0.15) is 0 Å². The first kappa shape index (κ1) is 20.3. The average molecular weight is 358 g/mol. The van der Waals surface area contributed by atoms with Gasteiger partial charge < -0.3 is 14.2 Å². The van der Waals surface area contributed by atoms with E-state index < -0.39 is 23.7 Å². The van der Waals surface area contributed by atoms with Crippen molar-refractivity contribution in [3.05, 3.63) is 34.9 Å². The number of ether oxygens (including phenoxy) is 3. The van der Waals surface area contributed by atoms with Crippen LogP contribution in [0.2, 0.25) is 5.02 Å². The van der Waals surface area contributed by atoms with Crippen molar-refractivity contribution in [2.75, 3.05) is 21.0 Å². The fraction of sp³-hybridized carbons (Fsp3) is 0.529. The summed E-state index contributed by atoms with van der Waals surface area (Å²) in [5.41, 5.74) is 0.142. The summed E-state index contributed by atoms with van der Waals surface area (Å²) >= 11 is 5.88. The molecular weight excluding hydrogens is 334 g/mol. The largest absolute Gasteiger partial charge is 0.467 e. The van der Waals surface area contributed by atoms with Crippen LogP contribution in [0.25, 0.3) is 0 Å². The number of rotatable bonds is 6. The molecule has 1 rings (SSSR count). The molecule has 0 N–H and O–H groups in total. The van der Waals surface area contributed by atoms with Crippen LogP contribution in [0.1, 0.15) is 26.3 Å². The van der Waals surface area contributed by atoms with Gasteiger partial charge in [0.25, 0.3) is 0 Å². The molecule has 1 atom stereocenters. The SMILES string of the molecule is COCN(C(=O)OC(C)(C)C)[C@@H](Cc1ccc(Cl)cc1)C(=O)OC. The van der Waals surface area contributed by atoms with Crippen LogP contribution in [0, 0.1) is 0 Å². The van der Waals surface area contributed by atoms with Crippen LogP contribution in [-0.2, 0) is 25.4 Å². The number of amides is 1. The molecule has 134 valence electrons. The lowest BCUT2D eigenvalue weighted by Crippen LogP contribution is -2.49.